The predicted molar refractivity (Wildman–Crippen MR) is 123 cm³/mol. The van der Waals surface area contributed by atoms with Gasteiger partial charge in [0.1, 0.15) is 24.2 Å². The Morgan fingerprint density at radius 3 is 2.76 bits per heavy atom. The van der Waals surface area contributed by atoms with Crippen molar-refractivity contribution in [1.82, 2.24) is 15.1 Å². The van der Waals surface area contributed by atoms with Gasteiger partial charge in [-0.25, -0.2) is 4.39 Å². The highest BCUT2D eigenvalue weighted by molar-refractivity contribution is 6.02. The summed E-state index contributed by atoms with van der Waals surface area (Å²) in [6.45, 7) is 7.81. The molecular formula is C26H28FN3O4. The third-order valence-electron chi connectivity index (χ3n) is 6.66. The number of carbonyl (C=O) groups is 2. The Balaban J connectivity index is 1.26. The van der Waals surface area contributed by atoms with E-state index in [4.69, 9.17) is 9.47 Å². The van der Waals surface area contributed by atoms with Crippen molar-refractivity contribution in [3.63, 3.8) is 0 Å². The zero-order valence-electron chi connectivity index (χ0n) is 19.0. The second-order valence-corrected chi connectivity index (χ2v) is 8.97. The molecule has 2 aromatic carbocycles. The van der Waals surface area contributed by atoms with Crippen molar-refractivity contribution in [2.75, 3.05) is 26.3 Å². The lowest BCUT2D eigenvalue weighted by atomic mass is 10.0. The number of morpholine rings is 1. The minimum Gasteiger partial charge on any atom is -0.489 e. The molecule has 1 atom stereocenters. The fourth-order valence-electron chi connectivity index (χ4n) is 4.74. The highest BCUT2D eigenvalue weighted by Crippen LogP contribution is 2.34. The Morgan fingerprint density at radius 1 is 1.18 bits per heavy atom. The molecule has 5 rings (SSSR count). The van der Waals surface area contributed by atoms with E-state index in [1.165, 1.54) is 6.07 Å². The Morgan fingerprint density at radius 2 is 2.00 bits per heavy atom. The molecule has 178 valence electrons. The number of amides is 2. The molecule has 1 N–H and O–H groups in total. The van der Waals surface area contributed by atoms with E-state index in [2.05, 4.69) is 16.8 Å². The molecule has 1 unspecified atom stereocenters. The largest absolute Gasteiger partial charge is 0.489 e. The molecule has 2 amide bonds. The molecule has 34 heavy (non-hydrogen) atoms. The molecule has 7 nitrogen and oxygen atoms in total. The summed E-state index contributed by atoms with van der Waals surface area (Å²) in [4.78, 5) is 29.2. The summed E-state index contributed by atoms with van der Waals surface area (Å²) in [5.41, 5.74) is 3.35. The molecule has 0 radical (unpaired) electrons. The van der Waals surface area contributed by atoms with Gasteiger partial charge in [-0.15, -0.1) is 0 Å². The number of rotatable bonds is 6. The van der Waals surface area contributed by atoms with Gasteiger partial charge in [0.25, 0.3) is 5.91 Å². The lowest BCUT2D eigenvalue weighted by Gasteiger charge is -2.31. The molecule has 0 spiro atoms. The fraction of sp³-hybridized carbons (Fsp3) is 0.385. The van der Waals surface area contributed by atoms with Crippen LogP contribution in [0.2, 0.25) is 0 Å². The molecule has 0 saturated carbocycles. The topological polar surface area (TPSA) is 71.1 Å². The normalized spacial score (nSPS) is 20.9. The second kappa shape index (κ2) is 9.56. The van der Waals surface area contributed by atoms with Gasteiger partial charge >= 0.3 is 0 Å². The van der Waals surface area contributed by atoms with Gasteiger partial charge in [-0.1, -0.05) is 24.8 Å². The number of ether oxygens (including phenoxy) is 2. The van der Waals surface area contributed by atoms with Crippen LogP contribution in [-0.4, -0.2) is 54.0 Å². The van der Waals surface area contributed by atoms with Crippen LogP contribution >= 0.6 is 0 Å². The molecule has 0 bridgehead atoms. The van der Waals surface area contributed by atoms with Gasteiger partial charge in [-0.05, 0) is 36.6 Å². The monoisotopic (exact) mass is 465 g/mol. The summed E-state index contributed by atoms with van der Waals surface area (Å²) in [6.07, 6.45) is 1.20. The maximum absolute atomic E-state index is 14.7. The number of piperidine rings is 1. The van der Waals surface area contributed by atoms with Gasteiger partial charge in [0.2, 0.25) is 5.91 Å². The Labute approximate surface area is 198 Å². The molecular weight excluding hydrogens is 437 g/mol. The van der Waals surface area contributed by atoms with Crippen LogP contribution in [-0.2, 0) is 29.2 Å². The van der Waals surface area contributed by atoms with E-state index >= 15 is 0 Å². The molecule has 2 fully saturated rings. The van der Waals surface area contributed by atoms with Crippen LogP contribution in [0.5, 0.6) is 5.75 Å². The summed E-state index contributed by atoms with van der Waals surface area (Å²) in [5, 5.41) is 2.75. The van der Waals surface area contributed by atoms with E-state index in [9.17, 15) is 14.0 Å². The molecule has 3 heterocycles. The number of hydrogen-bond donors (Lipinski definition) is 1. The SMILES string of the molecule is C=C1CCC(N2Cc3c(OCc4ccc(CN5CCOCC5)c(F)c4)cccc3C2=O)C(=O)N1. The molecule has 0 aromatic heterocycles. The van der Waals surface area contributed by atoms with Crippen molar-refractivity contribution < 1.29 is 23.5 Å². The third kappa shape index (κ3) is 4.56. The Hall–Kier alpha value is -3.23. The number of halogens is 1. The zero-order valence-corrected chi connectivity index (χ0v) is 19.0. The van der Waals surface area contributed by atoms with Gasteiger partial charge in [-0.2, -0.15) is 0 Å². The van der Waals surface area contributed by atoms with Crippen LogP contribution in [0.4, 0.5) is 4.39 Å². The van der Waals surface area contributed by atoms with Crippen molar-refractivity contribution in [2.24, 2.45) is 0 Å². The van der Waals surface area contributed by atoms with Crippen molar-refractivity contribution in [3.8, 4) is 5.75 Å². The van der Waals surface area contributed by atoms with E-state index in [1.807, 2.05) is 12.1 Å². The zero-order chi connectivity index (χ0) is 23.7. The quantitative estimate of drug-likeness (QED) is 0.710. The predicted octanol–water partition coefficient (Wildman–Crippen LogP) is 2.99. The maximum Gasteiger partial charge on any atom is 0.255 e. The molecule has 8 heteroatoms. The first-order valence-corrected chi connectivity index (χ1v) is 11.6. The van der Waals surface area contributed by atoms with Crippen molar-refractivity contribution in [3.05, 3.63) is 76.7 Å². The van der Waals surface area contributed by atoms with E-state index in [0.717, 1.165) is 18.7 Å². The summed E-state index contributed by atoms with van der Waals surface area (Å²) >= 11 is 0. The van der Waals surface area contributed by atoms with Crippen molar-refractivity contribution >= 4 is 11.8 Å². The summed E-state index contributed by atoms with van der Waals surface area (Å²) in [6, 6.07) is 10.00. The number of allylic oxidation sites excluding steroid dienone is 1. The number of carbonyl (C=O) groups excluding carboxylic acids is 2. The first kappa shape index (κ1) is 22.6. The van der Waals surface area contributed by atoms with Crippen molar-refractivity contribution in [1.29, 1.82) is 0 Å². The van der Waals surface area contributed by atoms with Crippen LogP contribution in [0, 0.1) is 5.82 Å². The third-order valence-corrected chi connectivity index (χ3v) is 6.66. The minimum absolute atomic E-state index is 0.174. The number of fused-ring (bicyclic) bond motifs is 1. The van der Waals surface area contributed by atoms with Crippen LogP contribution in [0.15, 0.2) is 48.7 Å². The minimum atomic E-state index is -0.522. The van der Waals surface area contributed by atoms with Crippen LogP contribution in [0.3, 0.4) is 0 Å². The van der Waals surface area contributed by atoms with Gasteiger partial charge < -0.3 is 19.7 Å². The smallest absolute Gasteiger partial charge is 0.255 e. The van der Waals surface area contributed by atoms with Gasteiger partial charge in [0.05, 0.1) is 19.8 Å². The molecule has 3 aliphatic heterocycles. The average Bonchev–Trinajstić information content (AvgIpc) is 3.17. The number of benzene rings is 2. The number of nitrogens with one attached hydrogen (secondary N) is 1. The van der Waals surface area contributed by atoms with Gasteiger partial charge in [0.15, 0.2) is 0 Å². The van der Waals surface area contributed by atoms with E-state index in [-0.39, 0.29) is 24.2 Å². The standard InChI is InChI=1S/C26H28FN3O4/c1-17-5-8-23(25(31)28-17)30-15-21-20(26(30)32)3-2-4-24(21)34-16-18-6-7-19(22(27)13-18)14-29-9-11-33-12-10-29/h2-4,6-7,13,23H,1,5,8-12,14-16H2,(H,28,31). The highest BCUT2D eigenvalue weighted by atomic mass is 19.1. The molecule has 3 aliphatic rings. The summed E-state index contributed by atoms with van der Waals surface area (Å²) < 4.78 is 26.1. The van der Waals surface area contributed by atoms with E-state index in [0.29, 0.717) is 67.3 Å². The highest BCUT2D eigenvalue weighted by Gasteiger charge is 2.39. The van der Waals surface area contributed by atoms with Gasteiger partial charge in [0, 0.05) is 42.0 Å². The van der Waals surface area contributed by atoms with Crippen molar-refractivity contribution in [2.45, 2.75) is 38.6 Å². The van der Waals surface area contributed by atoms with Crippen LogP contribution in [0.1, 0.15) is 39.9 Å². The van der Waals surface area contributed by atoms with E-state index < -0.39 is 6.04 Å². The Bertz CT molecular complexity index is 1130. The fourth-order valence-corrected chi connectivity index (χ4v) is 4.74. The second-order valence-electron chi connectivity index (χ2n) is 8.97. The molecule has 2 aromatic rings. The van der Waals surface area contributed by atoms with Crippen LogP contribution < -0.4 is 10.1 Å². The lowest BCUT2D eigenvalue weighted by molar-refractivity contribution is -0.126. The van der Waals surface area contributed by atoms with E-state index in [1.54, 1.807) is 23.1 Å². The maximum atomic E-state index is 14.7. The van der Waals surface area contributed by atoms with Crippen LogP contribution in [0.25, 0.3) is 0 Å². The first-order valence-electron chi connectivity index (χ1n) is 11.6. The molecule has 2 saturated heterocycles. The summed E-state index contributed by atoms with van der Waals surface area (Å²) in [5.74, 6) is -0.0527. The lowest BCUT2D eigenvalue weighted by Crippen LogP contribution is -2.49. The first-order chi connectivity index (χ1) is 16.5. The number of nitrogens with zero attached hydrogens (tertiary/aromatic N) is 2. The molecule has 0 aliphatic carbocycles. The summed E-state index contributed by atoms with van der Waals surface area (Å²) in [7, 11) is 0. The number of hydrogen-bond acceptors (Lipinski definition) is 5. The average molecular weight is 466 g/mol. The van der Waals surface area contributed by atoms with Gasteiger partial charge in [-0.3, -0.25) is 14.5 Å². The Kier molecular flexibility index (Phi) is 6.34.